The van der Waals surface area contributed by atoms with Crippen molar-refractivity contribution >= 4 is 28.2 Å². The summed E-state index contributed by atoms with van der Waals surface area (Å²) in [5.41, 5.74) is 1.97. The SMILES string of the molecule is CCOC(=O)c1c(NC(=O)c2cccc(OCCOc3ccccc3)c2)sc2c1CCC2. The van der Waals surface area contributed by atoms with Crippen LogP contribution >= 0.6 is 11.3 Å². The molecule has 1 aliphatic carbocycles. The van der Waals surface area contributed by atoms with E-state index in [2.05, 4.69) is 5.32 Å². The van der Waals surface area contributed by atoms with Crippen LogP contribution in [0, 0.1) is 0 Å². The summed E-state index contributed by atoms with van der Waals surface area (Å²) in [4.78, 5) is 26.6. The van der Waals surface area contributed by atoms with Gasteiger partial charge < -0.3 is 19.5 Å². The van der Waals surface area contributed by atoms with E-state index in [0.717, 1.165) is 35.5 Å². The summed E-state index contributed by atoms with van der Waals surface area (Å²) in [6, 6.07) is 16.5. The Labute approximate surface area is 191 Å². The minimum Gasteiger partial charge on any atom is -0.490 e. The summed E-state index contributed by atoms with van der Waals surface area (Å²) in [7, 11) is 0. The number of nitrogens with one attached hydrogen (secondary N) is 1. The number of anilines is 1. The summed E-state index contributed by atoms with van der Waals surface area (Å²) in [5, 5.41) is 3.47. The number of carbonyl (C=O) groups excluding carboxylic acids is 2. The van der Waals surface area contributed by atoms with Gasteiger partial charge in [0.25, 0.3) is 5.91 Å². The number of aryl methyl sites for hydroxylation is 1. The molecule has 0 fully saturated rings. The molecule has 4 rings (SSSR count). The molecule has 3 aromatic rings. The normalized spacial score (nSPS) is 12.2. The van der Waals surface area contributed by atoms with Crippen molar-refractivity contribution in [3.63, 3.8) is 0 Å². The number of ether oxygens (including phenoxy) is 3. The highest BCUT2D eigenvalue weighted by molar-refractivity contribution is 7.17. The number of hydrogen-bond donors (Lipinski definition) is 1. The lowest BCUT2D eigenvalue weighted by Crippen LogP contribution is -2.15. The molecule has 0 aliphatic heterocycles. The summed E-state index contributed by atoms with van der Waals surface area (Å²) < 4.78 is 16.6. The molecule has 32 heavy (non-hydrogen) atoms. The maximum atomic E-state index is 12.9. The second-order valence-electron chi connectivity index (χ2n) is 7.27. The standard InChI is InChI=1S/C25H25NO5S/c1-2-29-25(28)22-20-12-7-13-21(20)32-24(22)26-23(27)17-8-6-11-19(16-17)31-15-14-30-18-9-4-3-5-10-18/h3-6,8-11,16H,2,7,12-15H2,1H3,(H,26,27). The van der Waals surface area contributed by atoms with Gasteiger partial charge in [-0.3, -0.25) is 4.79 Å². The van der Waals surface area contributed by atoms with Gasteiger partial charge in [-0.2, -0.15) is 0 Å². The van der Waals surface area contributed by atoms with Crippen molar-refractivity contribution in [3.05, 3.63) is 76.2 Å². The van der Waals surface area contributed by atoms with E-state index in [1.165, 1.54) is 11.3 Å². The number of para-hydroxylation sites is 1. The van der Waals surface area contributed by atoms with Gasteiger partial charge in [-0.1, -0.05) is 24.3 Å². The van der Waals surface area contributed by atoms with Crippen LogP contribution in [0.1, 0.15) is 44.5 Å². The number of benzene rings is 2. The number of fused-ring (bicyclic) bond motifs is 1. The van der Waals surface area contributed by atoms with Crippen molar-refractivity contribution in [2.75, 3.05) is 25.1 Å². The number of thiophene rings is 1. The van der Waals surface area contributed by atoms with Crippen LogP contribution in [-0.2, 0) is 17.6 Å². The van der Waals surface area contributed by atoms with E-state index in [1.807, 2.05) is 30.3 Å². The molecule has 2 aromatic carbocycles. The van der Waals surface area contributed by atoms with Gasteiger partial charge >= 0.3 is 5.97 Å². The molecule has 1 aliphatic rings. The Hall–Kier alpha value is -3.32. The number of rotatable bonds is 9. The Morgan fingerprint density at radius 3 is 2.50 bits per heavy atom. The Morgan fingerprint density at radius 1 is 0.969 bits per heavy atom. The van der Waals surface area contributed by atoms with Crippen LogP contribution in [0.2, 0.25) is 0 Å². The van der Waals surface area contributed by atoms with Gasteiger partial charge in [0.2, 0.25) is 0 Å². The van der Waals surface area contributed by atoms with Gasteiger partial charge in [-0.05, 0) is 62.1 Å². The summed E-state index contributed by atoms with van der Waals surface area (Å²) in [6.07, 6.45) is 2.79. The Kier molecular flexibility index (Phi) is 7.07. The van der Waals surface area contributed by atoms with Gasteiger partial charge in [-0.15, -0.1) is 11.3 Å². The van der Waals surface area contributed by atoms with E-state index in [9.17, 15) is 9.59 Å². The maximum absolute atomic E-state index is 12.9. The van der Waals surface area contributed by atoms with Crippen LogP contribution in [-0.4, -0.2) is 31.7 Å². The van der Waals surface area contributed by atoms with Crippen LogP contribution in [0.4, 0.5) is 5.00 Å². The van der Waals surface area contributed by atoms with Gasteiger partial charge in [0, 0.05) is 10.4 Å². The lowest BCUT2D eigenvalue weighted by atomic mass is 10.1. The van der Waals surface area contributed by atoms with Gasteiger partial charge in [0.15, 0.2) is 0 Å². The van der Waals surface area contributed by atoms with Crippen LogP contribution in [0.3, 0.4) is 0 Å². The molecule has 0 spiro atoms. The predicted molar refractivity (Wildman–Crippen MR) is 124 cm³/mol. The molecular formula is C25H25NO5S. The molecule has 0 radical (unpaired) electrons. The molecular weight excluding hydrogens is 426 g/mol. The molecule has 0 bridgehead atoms. The first-order valence-electron chi connectivity index (χ1n) is 10.7. The van der Waals surface area contributed by atoms with E-state index in [1.54, 1.807) is 31.2 Å². The number of hydrogen-bond acceptors (Lipinski definition) is 6. The van der Waals surface area contributed by atoms with Crippen molar-refractivity contribution in [1.29, 1.82) is 0 Å². The van der Waals surface area contributed by atoms with Gasteiger partial charge in [0.05, 0.1) is 12.2 Å². The third kappa shape index (κ3) is 5.11. The monoisotopic (exact) mass is 451 g/mol. The fraction of sp³-hybridized carbons (Fsp3) is 0.280. The first kappa shape index (κ1) is 21.9. The molecule has 1 aromatic heterocycles. The molecule has 7 heteroatoms. The molecule has 0 saturated heterocycles. The summed E-state index contributed by atoms with van der Waals surface area (Å²) in [5.74, 6) is 0.692. The predicted octanol–water partition coefficient (Wildman–Crippen LogP) is 5.12. The smallest absolute Gasteiger partial charge is 0.341 e. The third-order valence-electron chi connectivity index (χ3n) is 5.09. The molecule has 0 atom stereocenters. The molecule has 0 saturated carbocycles. The third-order valence-corrected chi connectivity index (χ3v) is 6.30. The van der Waals surface area contributed by atoms with Gasteiger partial charge in [0.1, 0.15) is 29.7 Å². The van der Waals surface area contributed by atoms with Crippen LogP contribution < -0.4 is 14.8 Å². The topological polar surface area (TPSA) is 73.9 Å². The quantitative estimate of drug-likeness (QED) is 0.361. The van der Waals surface area contributed by atoms with Crippen molar-refractivity contribution in [2.24, 2.45) is 0 Å². The number of carbonyl (C=O) groups is 2. The van der Waals surface area contributed by atoms with Crippen molar-refractivity contribution in [2.45, 2.75) is 26.2 Å². The summed E-state index contributed by atoms with van der Waals surface area (Å²) >= 11 is 1.46. The zero-order valence-electron chi connectivity index (χ0n) is 17.9. The lowest BCUT2D eigenvalue weighted by molar-refractivity contribution is 0.0527. The number of amides is 1. The van der Waals surface area contributed by atoms with E-state index in [0.29, 0.717) is 41.7 Å². The highest BCUT2D eigenvalue weighted by atomic mass is 32.1. The first-order valence-corrected chi connectivity index (χ1v) is 11.5. The highest BCUT2D eigenvalue weighted by Crippen LogP contribution is 2.39. The van der Waals surface area contributed by atoms with Gasteiger partial charge in [-0.25, -0.2) is 4.79 Å². The van der Waals surface area contributed by atoms with Crippen molar-refractivity contribution in [3.8, 4) is 11.5 Å². The molecule has 1 N–H and O–H groups in total. The number of esters is 1. The second kappa shape index (κ2) is 10.3. The summed E-state index contributed by atoms with van der Waals surface area (Å²) in [6.45, 7) is 2.82. The van der Waals surface area contributed by atoms with E-state index < -0.39 is 0 Å². The second-order valence-corrected chi connectivity index (χ2v) is 8.38. The Bertz CT molecular complexity index is 1090. The Morgan fingerprint density at radius 2 is 1.72 bits per heavy atom. The average Bonchev–Trinajstić information content (AvgIpc) is 3.38. The van der Waals surface area contributed by atoms with Crippen LogP contribution in [0.5, 0.6) is 11.5 Å². The fourth-order valence-corrected chi connectivity index (χ4v) is 4.92. The first-order chi connectivity index (χ1) is 15.7. The van der Waals surface area contributed by atoms with E-state index in [4.69, 9.17) is 14.2 Å². The highest BCUT2D eigenvalue weighted by Gasteiger charge is 2.28. The maximum Gasteiger partial charge on any atom is 0.341 e. The lowest BCUT2D eigenvalue weighted by Gasteiger charge is -2.10. The fourth-order valence-electron chi connectivity index (χ4n) is 3.65. The molecule has 1 heterocycles. The minimum absolute atomic E-state index is 0.290. The molecule has 0 unspecified atom stereocenters. The zero-order valence-corrected chi connectivity index (χ0v) is 18.7. The minimum atomic E-state index is -0.377. The molecule has 166 valence electrons. The van der Waals surface area contributed by atoms with E-state index >= 15 is 0 Å². The Balaban J connectivity index is 1.39. The zero-order chi connectivity index (χ0) is 22.3. The van der Waals surface area contributed by atoms with Crippen LogP contribution in [0.25, 0.3) is 0 Å². The van der Waals surface area contributed by atoms with Crippen molar-refractivity contribution in [1.82, 2.24) is 0 Å². The van der Waals surface area contributed by atoms with Crippen molar-refractivity contribution < 1.29 is 23.8 Å². The molecule has 1 amide bonds. The average molecular weight is 452 g/mol. The van der Waals surface area contributed by atoms with Crippen LogP contribution in [0.15, 0.2) is 54.6 Å². The van der Waals surface area contributed by atoms with E-state index in [-0.39, 0.29) is 11.9 Å². The molecule has 6 nitrogen and oxygen atoms in total. The largest absolute Gasteiger partial charge is 0.490 e.